The van der Waals surface area contributed by atoms with Gasteiger partial charge in [0.1, 0.15) is 0 Å². The third-order valence-corrected chi connectivity index (χ3v) is 5.31. The Kier molecular flexibility index (Phi) is 4.56. The number of halogens is 1. The second-order valence-electron chi connectivity index (χ2n) is 3.40. The fourth-order valence-electron chi connectivity index (χ4n) is 1.24. The van der Waals surface area contributed by atoms with Crippen LogP contribution < -0.4 is 4.72 Å². The second-order valence-corrected chi connectivity index (χ2v) is 7.72. The van der Waals surface area contributed by atoms with Gasteiger partial charge in [0.05, 0.1) is 8.68 Å². The molecular formula is C10H12BrNO2S2. The largest absolute Gasteiger partial charge is 0.241 e. The lowest BCUT2D eigenvalue weighted by atomic mass is 10.3. The molecule has 16 heavy (non-hydrogen) atoms. The zero-order valence-corrected chi connectivity index (χ0v) is 12.2. The van der Waals surface area contributed by atoms with Crippen molar-refractivity contribution in [2.75, 3.05) is 0 Å². The van der Waals surface area contributed by atoms with Crippen molar-refractivity contribution in [3.05, 3.63) is 14.7 Å². The van der Waals surface area contributed by atoms with E-state index in [0.717, 1.165) is 8.66 Å². The first kappa shape index (κ1) is 13.7. The van der Waals surface area contributed by atoms with E-state index in [1.54, 1.807) is 19.9 Å². The predicted octanol–water partition coefficient (Wildman–Crippen LogP) is 2.51. The zero-order valence-electron chi connectivity index (χ0n) is 8.95. The molecule has 0 aliphatic rings. The molecule has 0 amide bonds. The van der Waals surface area contributed by atoms with Crippen LogP contribution in [0.25, 0.3) is 0 Å². The zero-order chi connectivity index (χ0) is 12.3. The highest BCUT2D eigenvalue weighted by atomic mass is 79.9. The van der Waals surface area contributed by atoms with E-state index >= 15 is 0 Å². The van der Waals surface area contributed by atoms with E-state index < -0.39 is 10.0 Å². The molecule has 1 N–H and O–H groups in total. The molecule has 1 heterocycles. The van der Waals surface area contributed by atoms with E-state index in [4.69, 9.17) is 6.42 Å². The van der Waals surface area contributed by atoms with Crippen molar-refractivity contribution in [2.24, 2.45) is 0 Å². The number of rotatable bonds is 4. The van der Waals surface area contributed by atoms with Crippen LogP contribution in [0.15, 0.2) is 14.7 Å². The number of nitrogens with one attached hydrogen (secondary N) is 1. The molecule has 6 heteroatoms. The second kappa shape index (κ2) is 5.32. The van der Waals surface area contributed by atoms with Crippen LogP contribution in [0.1, 0.15) is 18.2 Å². The van der Waals surface area contributed by atoms with Gasteiger partial charge in [0.2, 0.25) is 10.0 Å². The maximum absolute atomic E-state index is 12.0. The molecule has 1 aromatic heterocycles. The van der Waals surface area contributed by atoms with Gasteiger partial charge in [0, 0.05) is 17.3 Å². The SMILES string of the molecule is C#CCC(C)NS(=O)(=O)c1cc(Br)sc1C. The highest BCUT2D eigenvalue weighted by Crippen LogP contribution is 2.29. The summed E-state index contributed by atoms with van der Waals surface area (Å²) in [5, 5.41) is 0. The number of sulfonamides is 1. The Hall–Kier alpha value is -0.350. The quantitative estimate of drug-likeness (QED) is 0.866. The summed E-state index contributed by atoms with van der Waals surface area (Å²) >= 11 is 4.66. The topological polar surface area (TPSA) is 46.2 Å². The monoisotopic (exact) mass is 321 g/mol. The van der Waals surface area contributed by atoms with Crippen LogP contribution in [-0.4, -0.2) is 14.5 Å². The van der Waals surface area contributed by atoms with E-state index in [-0.39, 0.29) is 6.04 Å². The van der Waals surface area contributed by atoms with Crippen molar-refractivity contribution >= 4 is 37.3 Å². The predicted molar refractivity (Wildman–Crippen MR) is 70.0 cm³/mol. The molecule has 0 radical (unpaired) electrons. The molecule has 1 aromatic rings. The summed E-state index contributed by atoms with van der Waals surface area (Å²) in [5.41, 5.74) is 0. The normalized spacial score (nSPS) is 13.4. The van der Waals surface area contributed by atoms with Gasteiger partial charge in [-0.05, 0) is 35.8 Å². The van der Waals surface area contributed by atoms with Crippen molar-refractivity contribution in [3.8, 4) is 12.3 Å². The maximum Gasteiger partial charge on any atom is 0.241 e. The van der Waals surface area contributed by atoms with Gasteiger partial charge < -0.3 is 0 Å². The molecule has 1 unspecified atom stereocenters. The van der Waals surface area contributed by atoms with E-state index in [9.17, 15) is 8.42 Å². The van der Waals surface area contributed by atoms with E-state index in [0.29, 0.717) is 11.3 Å². The van der Waals surface area contributed by atoms with Crippen LogP contribution in [0.3, 0.4) is 0 Å². The fraction of sp³-hybridized carbons (Fsp3) is 0.400. The van der Waals surface area contributed by atoms with Gasteiger partial charge in [-0.25, -0.2) is 13.1 Å². The number of thiophene rings is 1. The highest BCUT2D eigenvalue weighted by Gasteiger charge is 2.21. The average molecular weight is 322 g/mol. The van der Waals surface area contributed by atoms with Crippen LogP contribution in [0, 0.1) is 19.3 Å². The van der Waals surface area contributed by atoms with Gasteiger partial charge in [-0.2, -0.15) is 0 Å². The van der Waals surface area contributed by atoms with Crippen LogP contribution in [-0.2, 0) is 10.0 Å². The van der Waals surface area contributed by atoms with E-state index in [2.05, 4.69) is 26.6 Å². The molecular weight excluding hydrogens is 310 g/mol. The van der Waals surface area contributed by atoms with Gasteiger partial charge in [0.15, 0.2) is 0 Å². The molecule has 0 spiro atoms. The summed E-state index contributed by atoms with van der Waals surface area (Å²) in [4.78, 5) is 1.07. The van der Waals surface area contributed by atoms with Crippen LogP contribution in [0.2, 0.25) is 0 Å². The molecule has 0 fully saturated rings. The molecule has 0 aliphatic heterocycles. The first-order chi connectivity index (χ1) is 7.36. The van der Waals surface area contributed by atoms with E-state index in [1.165, 1.54) is 11.3 Å². The number of hydrogen-bond acceptors (Lipinski definition) is 3. The van der Waals surface area contributed by atoms with Gasteiger partial charge in [-0.15, -0.1) is 23.7 Å². The van der Waals surface area contributed by atoms with Crippen molar-refractivity contribution in [3.63, 3.8) is 0 Å². The molecule has 0 aliphatic carbocycles. The molecule has 3 nitrogen and oxygen atoms in total. The highest BCUT2D eigenvalue weighted by molar-refractivity contribution is 9.11. The van der Waals surface area contributed by atoms with Crippen LogP contribution in [0.4, 0.5) is 0 Å². The molecule has 88 valence electrons. The van der Waals surface area contributed by atoms with Gasteiger partial charge in [-0.3, -0.25) is 0 Å². The maximum atomic E-state index is 12.0. The summed E-state index contributed by atoms with van der Waals surface area (Å²) < 4.78 is 27.3. The minimum Gasteiger partial charge on any atom is -0.207 e. The van der Waals surface area contributed by atoms with Crippen LogP contribution >= 0.6 is 27.3 Å². The van der Waals surface area contributed by atoms with Gasteiger partial charge >= 0.3 is 0 Å². The van der Waals surface area contributed by atoms with Crippen LogP contribution in [0.5, 0.6) is 0 Å². The average Bonchev–Trinajstić information content (AvgIpc) is 2.45. The Bertz CT molecular complexity index is 513. The number of hydrogen-bond donors (Lipinski definition) is 1. The molecule has 1 rings (SSSR count). The minimum atomic E-state index is -3.46. The minimum absolute atomic E-state index is 0.256. The summed E-state index contributed by atoms with van der Waals surface area (Å²) in [6.07, 6.45) is 5.51. The lowest BCUT2D eigenvalue weighted by Gasteiger charge is -2.11. The number of terminal acetylenes is 1. The molecule has 0 aromatic carbocycles. The Balaban J connectivity index is 2.95. The standard InChI is InChI=1S/C10H12BrNO2S2/c1-4-5-7(2)12-16(13,14)9-6-10(11)15-8(9)3/h1,6-7,12H,5H2,2-3H3. The lowest BCUT2D eigenvalue weighted by molar-refractivity contribution is 0.563. The van der Waals surface area contributed by atoms with Crippen molar-refractivity contribution < 1.29 is 8.42 Å². The fourth-order valence-corrected chi connectivity index (χ4v) is 4.90. The first-order valence-electron chi connectivity index (χ1n) is 4.58. The summed E-state index contributed by atoms with van der Waals surface area (Å²) in [6, 6.07) is 1.35. The van der Waals surface area contributed by atoms with Crippen molar-refractivity contribution in [1.29, 1.82) is 0 Å². The Morgan fingerprint density at radius 1 is 1.69 bits per heavy atom. The Morgan fingerprint density at radius 2 is 2.31 bits per heavy atom. The smallest absolute Gasteiger partial charge is 0.207 e. The molecule has 0 saturated carbocycles. The van der Waals surface area contributed by atoms with Gasteiger partial charge in [0.25, 0.3) is 0 Å². The Labute approximate surface area is 108 Å². The van der Waals surface area contributed by atoms with Crippen molar-refractivity contribution in [2.45, 2.75) is 31.2 Å². The summed E-state index contributed by atoms with van der Waals surface area (Å²) in [5.74, 6) is 2.43. The van der Waals surface area contributed by atoms with Crippen molar-refractivity contribution in [1.82, 2.24) is 4.72 Å². The first-order valence-corrected chi connectivity index (χ1v) is 7.68. The van der Waals surface area contributed by atoms with E-state index in [1.807, 2.05) is 0 Å². The third-order valence-electron chi connectivity index (χ3n) is 1.91. The Morgan fingerprint density at radius 3 is 2.75 bits per heavy atom. The summed E-state index contributed by atoms with van der Waals surface area (Å²) in [6.45, 7) is 3.52. The lowest BCUT2D eigenvalue weighted by Crippen LogP contribution is -2.32. The molecule has 0 bridgehead atoms. The van der Waals surface area contributed by atoms with Gasteiger partial charge in [-0.1, -0.05) is 0 Å². The summed E-state index contributed by atoms with van der Waals surface area (Å²) in [7, 11) is -3.46. The third kappa shape index (κ3) is 3.32. The molecule has 1 atom stereocenters. The number of aryl methyl sites for hydroxylation is 1. The molecule has 0 saturated heterocycles.